The summed E-state index contributed by atoms with van der Waals surface area (Å²) in [4.78, 5) is 43.9. The molecule has 0 radical (unpaired) electrons. The van der Waals surface area contributed by atoms with Gasteiger partial charge in [0.1, 0.15) is 17.4 Å². The average molecular weight is 584 g/mol. The summed E-state index contributed by atoms with van der Waals surface area (Å²) in [6.45, 7) is 7.86. The Hall–Kier alpha value is -3.14. The lowest BCUT2D eigenvalue weighted by molar-refractivity contribution is -0.149. The highest BCUT2D eigenvalue weighted by molar-refractivity contribution is 6.30. The van der Waals surface area contributed by atoms with E-state index in [-0.39, 0.29) is 24.3 Å². The zero-order chi connectivity index (χ0) is 29.5. The fourth-order valence-electron chi connectivity index (χ4n) is 7.10. The molecule has 0 saturated carbocycles. The number of hydrogen-bond acceptors (Lipinski definition) is 6. The van der Waals surface area contributed by atoms with E-state index in [1.165, 1.54) is 4.90 Å². The van der Waals surface area contributed by atoms with Gasteiger partial charge in [0, 0.05) is 16.4 Å². The van der Waals surface area contributed by atoms with Crippen LogP contribution in [0.3, 0.4) is 0 Å². The van der Waals surface area contributed by atoms with E-state index in [4.69, 9.17) is 21.1 Å². The van der Waals surface area contributed by atoms with Crippen molar-refractivity contribution in [3.63, 3.8) is 0 Å². The zero-order valence-corrected chi connectivity index (χ0v) is 24.6. The summed E-state index contributed by atoms with van der Waals surface area (Å²) < 4.78 is 12.3. The molecule has 3 saturated heterocycles. The van der Waals surface area contributed by atoms with E-state index in [0.29, 0.717) is 48.0 Å². The molecule has 3 heterocycles. The molecule has 3 amide bonds. The maximum Gasteiger partial charge on any atom is 0.250 e. The molecule has 0 aromatic heterocycles. The minimum Gasteiger partial charge on any atom is -0.494 e. The van der Waals surface area contributed by atoms with Crippen LogP contribution in [-0.2, 0) is 19.1 Å². The summed E-state index contributed by atoms with van der Waals surface area (Å²) in [7, 11) is 0. The number of rotatable bonds is 10. The van der Waals surface area contributed by atoms with Gasteiger partial charge in [0.2, 0.25) is 17.7 Å². The molecule has 2 unspecified atom stereocenters. The third-order valence-corrected chi connectivity index (χ3v) is 9.26. The van der Waals surface area contributed by atoms with Crippen molar-refractivity contribution >= 4 is 40.7 Å². The second-order valence-electron chi connectivity index (χ2n) is 11.5. The molecule has 3 fully saturated rings. The normalized spacial score (nSPS) is 29.0. The Kier molecular flexibility index (Phi) is 8.07. The maximum absolute atomic E-state index is 14.4. The van der Waals surface area contributed by atoms with Gasteiger partial charge in [-0.2, -0.15) is 0 Å². The third-order valence-electron chi connectivity index (χ3n) is 9.01. The standard InChI is InChI=1S/C31H38ClN3O6/c1-5-30-15-16-31(41-30)25(24(30)27(37)33-21-11-13-22(14-12-21)40-6-2)29(39)35(23(17-36)18(3)4)26(31)28(38)34-20-9-7-19(32)8-10-20/h7-14,18,23-26,36H,5-6,15-17H2,1-4H3,(H,33,37)(H,34,38)/t23-,24-,25-,26?,30+,31?/m0/s1. The van der Waals surface area contributed by atoms with Crippen molar-refractivity contribution in [1.29, 1.82) is 0 Å². The SMILES string of the molecule is CCOc1ccc(NC(=O)[C@@H]2[C@H]3C(=O)N([C@@H](CO)C(C)C)C(C(=O)Nc4ccc(Cl)cc4)C34CC[C@@]2(CC)O4)cc1. The van der Waals surface area contributed by atoms with Gasteiger partial charge in [-0.15, -0.1) is 0 Å². The molecule has 220 valence electrons. The van der Waals surface area contributed by atoms with Crippen LogP contribution in [-0.4, -0.2) is 64.2 Å². The Morgan fingerprint density at radius 3 is 2.22 bits per heavy atom. The molecule has 5 rings (SSSR count). The number of hydrogen-bond donors (Lipinski definition) is 3. The van der Waals surface area contributed by atoms with Gasteiger partial charge in [0.15, 0.2) is 0 Å². The predicted octanol–water partition coefficient (Wildman–Crippen LogP) is 4.49. The van der Waals surface area contributed by atoms with Crippen LogP contribution in [0.5, 0.6) is 5.75 Å². The molecule has 3 N–H and O–H groups in total. The summed E-state index contributed by atoms with van der Waals surface area (Å²) >= 11 is 6.04. The van der Waals surface area contributed by atoms with Crippen LogP contribution >= 0.6 is 11.6 Å². The van der Waals surface area contributed by atoms with Crippen molar-refractivity contribution in [2.45, 2.75) is 70.2 Å². The molecule has 10 heteroatoms. The first-order chi connectivity index (χ1) is 19.6. The van der Waals surface area contributed by atoms with E-state index in [1.807, 2.05) is 27.7 Å². The summed E-state index contributed by atoms with van der Waals surface area (Å²) in [6.07, 6.45) is 1.51. The number of nitrogens with zero attached hydrogens (tertiary/aromatic N) is 1. The number of amides is 3. The van der Waals surface area contributed by atoms with Crippen LogP contribution in [0.2, 0.25) is 5.02 Å². The minimum absolute atomic E-state index is 0.140. The number of anilines is 2. The van der Waals surface area contributed by atoms with E-state index < -0.39 is 41.0 Å². The summed E-state index contributed by atoms with van der Waals surface area (Å²) in [5, 5.41) is 16.8. The average Bonchev–Trinajstić information content (AvgIpc) is 3.55. The van der Waals surface area contributed by atoms with Crippen LogP contribution in [0.25, 0.3) is 0 Å². The molecule has 41 heavy (non-hydrogen) atoms. The first-order valence-electron chi connectivity index (χ1n) is 14.3. The number of halogens is 1. The van der Waals surface area contributed by atoms with Gasteiger partial charge in [-0.25, -0.2) is 0 Å². The van der Waals surface area contributed by atoms with Gasteiger partial charge in [0.25, 0.3) is 0 Å². The maximum atomic E-state index is 14.4. The topological polar surface area (TPSA) is 117 Å². The Morgan fingerprint density at radius 1 is 1.05 bits per heavy atom. The molecular formula is C31H38ClN3O6. The zero-order valence-electron chi connectivity index (χ0n) is 23.9. The monoisotopic (exact) mass is 583 g/mol. The number of fused-ring (bicyclic) bond motifs is 1. The molecule has 6 atom stereocenters. The quantitative estimate of drug-likeness (QED) is 0.379. The second-order valence-corrected chi connectivity index (χ2v) is 12.0. The largest absolute Gasteiger partial charge is 0.494 e. The number of ether oxygens (including phenoxy) is 2. The number of carbonyl (C=O) groups is 3. The van der Waals surface area contributed by atoms with Crippen LogP contribution in [0, 0.1) is 17.8 Å². The first-order valence-corrected chi connectivity index (χ1v) is 14.7. The molecule has 1 spiro atoms. The van der Waals surface area contributed by atoms with Gasteiger partial charge in [0.05, 0.1) is 36.7 Å². The number of benzene rings is 2. The Morgan fingerprint density at radius 2 is 1.66 bits per heavy atom. The molecule has 2 aromatic rings. The molecule has 9 nitrogen and oxygen atoms in total. The van der Waals surface area contributed by atoms with E-state index in [0.717, 1.165) is 0 Å². The lowest BCUT2D eigenvalue weighted by Gasteiger charge is -2.38. The van der Waals surface area contributed by atoms with E-state index in [9.17, 15) is 19.5 Å². The predicted molar refractivity (Wildman–Crippen MR) is 156 cm³/mol. The molecule has 2 aromatic carbocycles. The van der Waals surface area contributed by atoms with E-state index in [2.05, 4.69) is 10.6 Å². The molecule has 3 aliphatic rings. The molecule has 3 aliphatic heterocycles. The van der Waals surface area contributed by atoms with Crippen LogP contribution in [0.1, 0.15) is 47.0 Å². The van der Waals surface area contributed by atoms with Crippen molar-refractivity contribution in [3.05, 3.63) is 53.6 Å². The summed E-state index contributed by atoms with van der Waals surface area (Å²) in [5.41, 5.74) is -0.976. The summed E-state index contributed by atoms with van der Waals surface area (Å²) in [5.74, 6) is -2.19. The fraction of sp³-hybridized carbons (Fsp3) is 0.516. The van der Waals surface area contributed by atoms with E-state index in [1.54, 1.807) is 48.5 Å². The summed E-state index contributed by atoms with van der Waals surface area (Å²) in [6, 6.07) is 12.2. The number of carbonyl (C=O) groups excluding carboxylic acids is 3. The van der Waals surface area contributed by atoms with Crippen LogP contribution in [0.4, 0.5) is 11.4 Å². The highest BCUT2D eigenvalue weighted by atomic mass is 35.5. The first kappa shape index (κ1) is 29.4. The van der Waals surface area contributed by atoms with Crippen molar-refractivity contribution < 1.29 is 29.0 Å². The number of aliphatic hydroxyl groups excluding tert-OH is 1. The van der Waals surface area contributed by atoms with Crippen LogP contribution in [0.15, 0.2) is 48.5 Å². The molecular weight excluding hydrogens is 546 g/mol. The van der Waals surface area contributed by atoms with Gasteiger partial charge < -0.3 is 30.1 Å². The smallest absolute Gasteiger partial charge is 0.250 e. The van der Waals surface area contributed by atoms with Crippen molar-refractivity contribution in [3.8, 4) is 5.75 Å². The Balaban J connectivity index is 1.52. The van der Waals surface area contributed by atoms with Crippen molar-refractivity contribution in [1.82, 2.24) is 4.90 Å². The van der Waals surface area contributed by atoms with Crippen LogP contribution < -0.4 is 15.4 Å². The Labute approximate surface area is 245 Å². The van der Waals surface area contributed by atoms with Gasteiger partial charge in [-0.1, -0.05) is 32.4 Å². The Bertz CT molecular complexity index is 1300. The van der Waals surface area contributed by atoms with Gasteiger partial charge >= 0.3 is 0 Å². The van der Waals surface area contributed by atoms with E-state index >= 15 is 0 Å². The number of aliphatic hydroxyl groups is 1. The number of nitrogens with one attached hydrogen (secondary N) is 2. The minimum atomic E-state index is -1.20. The van der Waals surface area contributed by atoms with Crippen molar-refractivity contribution in [2.75, 3.05) is 23.8 Å². The lowest BCUT2D eigenvalue weighted by Crippen LogP contribution is -2.57. The second kappa shape index (κ2) is 11.3. The highest BCUT2D eigenvalue weighted by Crippen LogP contribution is 2.64. The fourth-order valence-corrected chi connectivity index (χ4v) is 7.22. The third kappa shape index (κ3) is 4.87. The molecule has 0 aliphatic carbocycles. The van der Waals surface area contributed by atoms with Gasteiger partial charge in [-0.3, -0.25) is 14.4 Å². The highest BCUT2D eigenvalue weighted by Gasteiger charge is 2.79. The lowest BCUT2D eigenvalue weighted by atomic mass is 9.65. The van der Waals surface area contributed by atoms with Crippen molar-refractivity contribution in [2.24, 2.45) is 17.8 Å². The van der Waals surface area contributed by atoms with Gasteiger partial charge in [-0.05, 0) is 80.6 Å². The number of likely N-dealkylation sites (tertiary alicyclic amines) is 1. The molecule has 2 bridgehead atoms.